The number of benzene rings is 1. The van der Waals surface area contributed by atoms with Gasteiger partial charge in [-0.3, -0.25) is 0 Å². The zero-order chi connectivity index (χ0) is 15.2. The molecule has 3 heteroatoms. The Morgan fingerprint density at radius 1 is 0.952 bits per heavy atom. The van der Waals surface area contributed by atoms with Gasteiger partial charge in [-0.25, -0.2) is 4.79 Å². The average molecular weight is 308 g/mol. The van der Waals surface area contributed by atoms with E-state index in [4.69, 9.17) is 4.74 Å². The first-order valence-electron chi connectivity index (χ1n) is 8.16. The van der Waals surface area contributed by atoms with Gasteiger partial charge >= 0.3 is 5.30 Å². The van der Waals surface area contributed by atoms with Gasteiger partial charge in [0.25, 0.3) is 0 Å². The van der Waals surface area contributed by atoms with Crippen LogP contribution in [0.5, 0.6) is 0 Å². The molecule has 0 saturated heterocycles. The number of carbonyl (C=O) groups is 1. The first-order valence-corrected chi connectivity index (χ1v) is 9.15. The van der Waals surface area contributed by atoms with Gasteiger partial charge in [0.05, 0.1) is 0 Å². The van der Waals surface area contributed by atoms with Crippen LogP contribution in [0.15, 0.2) is 30.3 Å². The molecule has 0 aliphatic carbocycles. The van der Waals surface area contributed by atoms with E-state index in [1.165, 1.54) is 56.7 Å². The van der Waals surface area contributed by atoms with Gasteiger partial charge in [0.15, 0.2) is 0 Å². The zero-order valence-electron chi connectivity index (χ0n) is 13.2. The third-order valence-corrected chi connectivity index (χ3v) is 4.26. The number of rotatable bonds is 11. The maximum absolute atomic E-state index is 11.6. The average Bonchev–Trinajstić information content (AvgIpc) is 2.52. The van der Waals surface area contributed by atoms with Crippen LogP contribution < -0.4 is 0 Å². The van der Waals surface area contributed by atoms with Crippen LogP contribution >= 0.6 is 11.8 Å². The Bertz CT molecular complexity index is 365. The monoisotopic (exact) mass is 308 g/mol. The largest absolute Gasteiger partial charge is 0.453 e. The highest BCUT2D eigenvalue weighted by atomic mass is 32.2. The van der Waals surface area contributed by atoms with Gasteiger partial charge in [-0.05, 0) is 23.7 Å². The summed E-state index contributed by atoms with van der Waals surface area (Å²) in [6.07, 6.45) is 10.4. The molecule has 0 amide bonds. The van der Waals surface area contributed by atoms with Gasteiger partial charge in [-0.1, -0.05) is 82.2 Å². The molecule has 0 N–H and O–H groups in total. The summed E-state index contributed by atoms with van der Waals surface area (Å²) in [5, 5.41) is -0.151. The highest BCUT2D eigenvalue weighted by Gasteiger charge is 2.03. The molecule has 1 aromatic rings. The Morgan fingerprint density at radius 3 is 2.24 bits per heavy atom. The maximum atomic E-state index is 11.6. The lowest BCUT2D eigenvalue weighted by Crippen LogP contribution is -1.99. The summed E-state index contributed by atoms with van der Waals surface area (Å²) < 4.78 is 5.22. The topological polar surface area (TPSA) is 26.3 Å². The minimum absolute atomic E-state index is 0.151. The van der Waals surface area contributed by atoms with E-state index >= 15 is 0 Å². The van der Waals surface area contributed by atoms with Gasteiger partial charge in [0.1, 0.15) is 6.61 Å². The molecule has 0 radical (unpaired) electrons. The fourth-order valence-corrected chi connectivity index (χ4v) is 2.81. The van der Waals surface area contributed by atoms with Crippen LogP contribution in [-0.2, 0) is 11.3 Å². The molecule has 1 rings (SSSR count). The Hall–Kier alpha value is -0.960. The van der Waals surface area contributed by atoms with Gasteiger partial charge in [0, 0.05) is 5.75 Å². The molecule has 0 bridgehead atoms. The molecule has 0 fully saturated rings. The number of thioether (sulfide) groups is 1. The Labute approximate surface area is 133 Å². The van der Waals surface area contributed by atoms with Crippen LogP contribution in [0.4, 0.5) is 4.79 Å². The van der Waals surface area contributed by atoms with Crippen molar-refractivity contribution >= 4 is 17.1 Å². The Morgan fingerprint density at radius 2 is 1.57 bits per heavy atom. The number of ether oxygens (including phenoxy) is 1. The number of hydrogen-bond acceptors (Lipinski definition) is 3. The smallest absolute Gasteiger partial charge is 0.367 e. The summed E-state index contributed by atoms with van der Waals surface area (Å²) in [4.78, 5) is 11.6. The lowest BCUT2D eigenvalue weighted by molar-refractivity contribution is 0.168. The van der Waals surface area contributed by atoms with E-state index in [9.17, 15) is 4.79 Å². The van der Waals surface area contributed by atoms with E-state index in [0.29, 0.717) is 6.61 Å². The van der Waals surface area contributed by atoms with Crippen molar-refractivity contribution in [3.05, 3.63) is 35.9 Å². The molecule has 2 nitrogen and oxygen atoms in total. The van der Waals surface area contributed by atoms with Crippen molar-refractivity contribution in [1.82, 2.24) is 0 Å². The van der Waals surface area contributed by atoms with E-state index in [-0.39, 0.29) is 5.30 Å². The van der Waals surface area contributed by atoms with E-state index < -0.39 is 0 Å². The van der Waals surface area contributed by atoms with E-state index in [0.717, 1.165) is 17.7 Å². The van der Waals surface area contributed by atoms with Crippen molar-refractivity contribution < 1.29 is 9.53 Å². The van der Waals surface area contributed by atoms with Gasteiger partial charge < -0.3 is 4.74 Å². The molecule has 0 heterocycles. The minimum atomic E-state index is -0.151. The molecular weight excluding hydrogens is 280 g/mol. The fourth-order valence-electron chi connectivity index (χ4n) is 2.15. The van der Waals surface area contributed by atoms with Gasteiger partial charge in [-0.15, -0.1) is 0 Å². The summed E-state index contributed by atoms with van der Waals surface area (Å²) in [5.41, 5.74) is 1.04. The van der Waals surface area contributed by atoms with Crippen molar-refractivity contribution in [3.63, 3.8) is 0 Å². The lowest BCUT2D eigenvalue weighted by atomic mass is 10.1. The van der Waals surface area contributed by atoms with E-state index in [1.54, 1.807) is 0 Å². The van der Waals surface area contributed by atoms with E-state index in [1.807, 2.05) is 30.3 Å². The number of carbonyl (C=O) groups excluding carboxylic acids is 1. The van der Waals surface area contributed by atoms with Crippen LogP contribution in [0.3, 0.4) is 0 Å². The summed E-state index contributed by atoms with van der Waals surface area (Å²) in [6, 6.07) is 9.81. The predicted molar refractivity (Wildman–Crippen MR) is 91.7 cm³/mol. The second kappa shape index (κ2) is 12.8. The predicted octanol–water partition coefficient (Wildman–Crippen LogP) is 6.20. The molecule has 1 aromatic carbocycles. The summed E-state index contributed by atoms with van der Waals surface area (Å²) in [5.74, 6) is 0.878. The fraction of sp³-hybridized carbons (Fsp3) is 0.611. The molecule has 0 aliphatic rings. The normalized spacial score (nSPS) is 10.5. The van der Waals surface area contributed by atoms with Crippen LogP contribution in [0.25, 0.3) is 0 Å². The van der Waals surface area contributed by atoms with Crippen LogP contribution in [-0.4, -0.2) is 11.1 Å². The summed E-state index contributed by atoms with van der Waals surface area (Å²) >= 11 is 1.31. The second-order valence-corrected chi connectivity index (χ2v) is 6.38. The van der Waals surface area contributed by atoms with Crippen molar-refractivity contribution in [2.75, 3.05) is 5.75 Å². The second-order valence-electron chi connectivity index (χ2n) is 5.35. The molecule has 0 aliphatic heterocycles. The highest BCUT2D eigenvalue weighted by molar-refractivity contribution is 8.13. The molecular formula is C18H28O2S. The first-order chi connectivity index (χ1) is 10.3. The Kier molecular flexibility index (Phi) is 11.0. The van der Waals surface area contributed by atoms with Gasteiger partial charge in [-0.2, -0.15) is 0 Å². The molecule has 0 atom stereocenters. The molecule has 0 aromatic heterocycles. The summed E-state index contributed by atoms with van der Waals surface area (Å²) in [7, 11) is 0. The van der Waals surface area contributed by atoms with Gasteiger partial charge in [0.2, 0.25) is 0 Å². The quantitative estimate of drug-likeness (QED) is 0.360. The van der Waals surface area contributed by atoms with Crippen molar-refractivity contribution in [3.8, 4) is 0 Å². The van der Waals surface area contributed by atoms with Crippen molar-refractivity contribution in [2.24, 2.45) is 0 Å². The molecule has 21 heavy (non-hydrogen) atoms. The first kappa shape index (κ1) is 18.1. The SMILES string of the molecule is CCCCCCCCCCSC(=O)OCc1ccccc1. The third-order valence-electron chi connectivity index (χ3n) is 3.42. The van der Waals surface area contributed by atoms with Crippen molar-refractivity contribution in [2.45, 2.75) is 64.9 Å². The molecule has 118 valence electrons. The zero-order valence-corrected chi connectivity index (χ0v) is 14.0. The highest BCUT2D eigenvalue weighted by Crippen LogP contribution is 2.13. The minimum Gasteiger partial charge on any atom is -0.453 e. The standard InChI is InChI=1S/C18H28O2S/c1-2-3-4-5-6-7-8-12-15-21-18(19)20-16-17-13-10-9-11-14-17/h9-11,13-14H,2-8,12,15-16H2,1H3. The van der Waals surface area contributed by atoms with Crippen LogP contribution in [0.2, 0.25) is 0 Å². The molecule has 0 unspecified atom stereocenters. The van der Waals surface area contributed by atoms with E-state index in [2.05, 4.69) is 6.92 Å². The Balaban J connectivity index is 1.89. The maximum Gasteiger partial charge on any atom is 0.367 e. The number of unbranched alkanes of at least 4 members (excludes halogenated alkanes) is 7. The lowest BCUT2D eigenvalue weighted by Gasteiger charge is -2.04. The molecule has 0 spiro atoms. The summed E-state index contributed by atoms with van der Waals surface area (Å²) in [6.45, 7) is 2.62. The third kappa shape index (κ3) is 10.4. The number of hydrogen-bond donors (Lipinski definition) is 0. The molecule has 0 saturated carbocycles. The van der Waals surface area contributed by atoms with Crippen molar-refractivity contribution in [1.29, 1.82) is 0 Å². The van der Waals surface area contributed by atoms with Crippen LogP contribution in [0, 0.1) is 0 Å². The van der Waals surface area contributed by atoms with Crippen LogP contribution in [0.1, 0.15) is 63.9 Å².